The van der Waals surface area contributed by atoms with Gasteiger partial charge < -0.3 is 5.32 Å². The zero-order chi connectivity index (χ0) is 12.2. The number of amides is 1. The first-order valence-electron chi connectivity index (χ1n) is 4.17. The van der Waals surface area contributed by atoms with Crippen LogP contribution < -0.4 is 5.32 Å². The number of sulfonamides is 1. The zero-order valence-corrected chi connectivity index (χ0v) is 9.11. The summed E-state index contributed by atoms with van der Waals surface area (Å²) < 4.78 is 25.2. The van der Waals surface area contributed by atoms with Crippen LogP contribution in [0.1, 0.15) is 6.92 Å². The Morgan fingerprint density at radius 3 is 2.31 bits per heavy atom. The van der Waals surface area contributed by atoms with E-state index in [0.717, 1.165) is 6.08 Å². The van der Waals surface area contributed by atoms with Gasteiger partial charge in [-0.05, 0) is 24.3 Å². The molecule has 0 aliphatic heterocycles. The Kier molecular flexibility index (Phi) is 3.55. The van der Waals surface area contributed by atoms with Crippen LogP contribution in [0.4, 0.5) is 5.69 Å². The molecule has 0 fully saturated rings. The molecule has 1 rings (SSSR count). The molecule has 1 N–H and O–H groups in total. The molecule has 1 aromatic rings. The number of hydrogen-bond donors (Lipinski definition) is 1. The van der Waals surface area contributed by atoms with Gasteiger partial charge in [0.05, 0.1) is 4.90 Å². The van der Waals surface area contributed by atoms with Crippen LogP contribution in [0.15, 0.2) is 33.6 Å². The first-order chi connectivity index (χ1) is 7.45. The molecule has 0 saturated heterocycles. The number of nitrogens with one attached hydrogen (secondary N) is 1. The van der Waals surface area contributed by atoms with Gasteiger partial charge in [-0.25, -0.2) is 4.79 Å². The number of nitrogens with zero attached hydrogens (tertiary/aromatic N) is 1. The fourth-order valence-corrected chi connectivity index (χ4v) is 1.70. The van der Waals surface area contributed by atoms with Gasteiger partial charge in [0.2, 0.25) is 5.91 Å². The van der Waals surface area contributed by atoms with E-state index in [0.29, 0.717) is 5.69 Å². The molecule has 0 aliphatic rings. The molecule has 1 aromatic carbocycles. The van der Waals surface area contributed by atoms with Crippen LogP contribution in [0.5, 0.6) is 0 Å². The molecule has 0 saturated carbocycles. The molecular formula is C9H8N2O4S. The highest BCUT2D eigenvalue weighted by molar-refractivity contribution is 7.90. The third-order valence-electron chi connectivity index (χ3n) is 1.63. The molecule has 0 bridgehead atoms. The summed E-state index contributed by atoms with van der Waals surface area (Å²) in [5.41, 5.74) is 0.460. The van der Waals surface area contributed by atoms with Gasteiger partial charge in [0.25, 0.3) is 16.1 Å². The molecular weight excluding hydrogens is 232 g/mol. The molecule has 16 heavy (non-hydrogen) atoms. The predicted octanol–water partition coefficient (Wildman–Crippen LogP) is 0.669. The Morgan fingerprint density at radius 2 is 1.88 bits per heavy atom. The maximum absolute atomic E-state index is 11.2. The van der Waals surface area contributed by atoms with Gasteiger partial charge in [-0.2, -0.15) is 8.42 Å². The summed E-state index contributed by atoms with van der Waals surface area (Å²) in [6, 6.07) is 5.27. The second-order valence-corrected chi connectivity index (χ2v) is 4.47. The van der Waals surface area contributed by atoms with Gasteiger partial charge in [0.15, 0.2) is 0 Å². The summed E-state index contributed by atoms with van der Waals surface area (Å²) in [6.07, 6.45) is 0.971. The monoisotopic (exact) mass is 240 g/mol. The first-order valence-corrected chi connectivity index (χ1v) is 5.61. The largest absolute Gasteiger partial charge is 0.326 e. The van der Waals surface area contributed by atoms with Crippen molar-refractivity contribution in [3.63, 3.8) is 0 Å². The van der Waals surface area contributed by atoms with E-state index in [2.05, 4.69) is 9.71 Å². The van der Waals surface area contributed by atoms with Crippen LogP contribution in [0.2, 0.25) is 0 Å². The van der Waals surface area contributed by atoms with Crippen LogP contribution in [0.3, 0.4) is 0 Å². The highest BCUT2D eigenvalue weighted by atomic mass is 32.2. The third-order valence-corrected chi connectivity index (χ3v) is 2.81. The van der Waals surface area contributed by atoms with Crippen molar-refractivity contribution in [2.24, 2.45) is 4.40 Å². The number of anilines is 1. The lowest BCUT2D eigenvalue weighted by Gasteiger charge is -2.02. The maximum atomic E-state index is 11.2. The van der Waals surface area contributed by atoms with E-state index in [1.165, 1.54) is 31.2 Å². The van der Waals surface area contributed by atoms with Crippen LogP contribution in [-0.2, 0) is 19.6 Å². The lowest BCUT2D eigenvalue weighted by Crippen LogP contribution is -2.05. The molecule has 0 unspecified atom stereocenters. The van der Waals surface area contributed by atoms with Gasteiger partial charge in [-0.15, -0.1) is 0 Å². The molecule has 0 aliphatic carbocycles. The summed E-state index contributed by atoms with van der Waals surface area (Å²) in [5, 5.41) is 2.47. The second-order valence-electron chi connectivity index (χ2n) is 2.86. The van der Waals surface area contributed by atoms with Crippen molar-refractivity contribution in [1.29, 1.82) is 0 Å². The Bertz CT molecular complexity index is 541. The topological polar surface area (TPSA) is 92.7 Å². The molecule has 6 nitrogen and oxygen atoms in total. The number of carbonyl (C=O) groups excluding carboxylic acids is 2. The van der Waals surface area contributed by atoms with Gasteiger partial charge in [0.1, 0.15) is 0 Å². The van der Waals surface area contributed by atoms with E-state index in [-0.39, 0.29) is 10.8 Å². The minimum Gasteiger partial charge on any atom is -0.326 e. The van der Waals surface area contributed by atoms with E-state index in [4.69, 9.17) is 0 Å². The summed E-state index contributed by atoms with van der Waals surface area (Å²) in [7, 11) is -3.97. The quantitative estimate of drug-likeness (QED) is 0.620. The average Bonchev–Trinajstić information content (AvgIpc) is 2.17. The first kappa shape index (κ1) is 12.1. The average molecular weight is 240 g/mol. The number of rotatable bonds is 3. The van der Waals surface area contributed by atoms with Crippen molar-refractivity contribution in [2.45, 2.75) is 11.8 Å². The lowest BCUT2D eigenvalue weighted by molar-refractivity contribution is -0.114. The van der Waals surface area contributed by atoms with Crippen molar-refractivity contribution in [2.75, 3.05) is 5.32 Å². The molecule has 0 atom stereocenters. The standard InChI is InChI=1S/C9H8N2O4S/c1-7(13)11-8-2-4-9(5-3-8)16(14,15)10-6-12/h2-5H,1H3,(H,11,13). The van der Waals surface area contributed by atoms with E-state index < -0.39 is 10.0 Å². The van der Waals surface area contributed by atoms with Crippen LogP contribution in [0.25, 0.3) is 0 Å². The van der Waals surface area contributed by atoms with Crippen LogP contribution >= 0.6 is 0 Å². The van der Waals surface area contributed by atoms with Crippen LogP contribution in [-0.4, -0.2) is 20.4 Å². The number of carbonyl (C=O) groups is 1. The van der Waals surface area contributed by atoms with E-state index in [1.807, 2.05) is 0 Å². The Balaban J connectivity index is 3.04. The zero-order valence-electron chi connectivity index (χ0n) is 8.30. The molecule has 84 valence electrons. The van der Waals surface area contributed by atoms with E-state index in [9.17, 15) is 18.0 Å². The summed E-state index contributed by atoms with van der Waals surface area (Å²) >= 11 is 0. The molecule has 0 heterocycles. The highest BCUT2D eigenvalue weighted by Gasteiger charge is 2.11. The molecule has 0 aromatic heterocycles. The third kappa shape index (κ3) is 3.01. The Hall–Kier alpha value is -1.98. The minimum absolute atomic E-state index is 0.134. The van der Waals surface area contributed by atoms with Gasteiger partial charge >= 0.3 is 0 Å². The van der Waals surface area contributed by atoms with Gasteiger partial charge in [0, 0.05) is 12.6 Å². The van der Waals surface area contributed by atoms with Crippen molar-refractivity contribution in [3.05, 3.63) is 24.3 Å². The lowest BCUT2D eigenvalue weighted by atomic mass is 10.3. The van der Waals surface area contributed by atoms with Crippen molar-refractivity contribution >= 4 is 27.7 Å². The predicted molar refractivity (Wildman–Crippen MR) is 56.1 cm³/mol. The minimum atomic E-state index is -3.97. The summed E-state index contributed by atoms with van der Waals surface area (Å²) in [4.78, 5) is 20.4. The molecule has 7 heteroatoms. The highest BCUT2D eigenvalue weighted by Crippen LogP contribution is 2.15. The normalized spacial score (nSPS) is 10.3. The second kappa shape index (κ2) is 4.69. The van der Waals surface area contributed by atoms with Crippen molar-refractivity contribution in [3.8, 4) is 0 Å². The van der Waals surface area contributed by atoms with Gasteiger partial charge in [-0.1, -0.05) is 4.40 Å². The van der Waals surface area contributed by atoms with Crippen molar-refractivity contribution in [1.82, 2.24) is 0 Å². The fraction of sp³-hybridized carbons (Fsp3) is 0.111. The number of hydrogen-bond acceptors (Lipinski definition) is 4. The molecule has 0 spiro atoms. The van der Waals surface area contributed by atoms with Gasteiger partial charge in [-0.3, -0.25) is 4.79 Å². The van der Waals surface area contributed by atoms with Crippen LogP contribution in [0, 0.1) is 0 Å². The number of isocyanates is 1. The Morgan fingerprint density at radius 1 is 1.31 bits per heavy atom. The maximum Gasteiger partial charge on any atom is 0.292 e. The van der Waals surface area contributed by atoms with E-state index >= 15 is 0 Å². The molecule has 0 radical (unpaired) electrons. The summed E-state index contributed by atoms with van der Waals surface area (Å²) in [6.45, 7) is 1.33. The SMILES string of the molecule is CC(=O)Nc1ccc(S(=O)(=O)N=C=O)cc1. The summed E-state index contributed by atoms with van der Waals surface area (Å²) in [5.74, 6) is -0.262. The smallest absolute Gasteiger partial charge is 0.292 e. The fourth-order valence-electron chi connectivity index (χ4n) is 1.02. The molecule has 1 amide bonds. The van der Waals surface area contributed by atoms with Crippen molar-refractivity contribution < 1.29 is 18.0 Å². The Labute approximate surface area is 92.1 Å². The number of benzene rings is 1. The van der Waals surface area contributed by atoms with E-state index in [1.54, 1.807) is 0 Å².